The molecular weight excluding hydrogens is 220 g/mol. The number of halogens is 2. The van der Waals surface area contributed by atoms with E-state index >= 15 is 0 Å². The van der Waals surface area contributed by atoms with E-state index in [2.05, 4.69) is 5.92 Å². The highest BCUT2D eigenvalue weighted by atomic mass is 19.2. The zero-order valence-electron chi connectivity index (χ0n) is 9.35. The Bertz CT molecular complexity index is 639. The van der Waals surface area contributed by atoms with Crippen LogP contribution in [-0.2, 0) is 6.42 Å². The fourth-order valence-electron chi connectivity index (χ4n) is 2.01. The third-order valence-electron chi connectivity index (χ3n) is 2.76. The third-order valence-corrected chi connectivity index (χ3v) is 2.76. The van der Waals surface area contributed by atoms with E-state index in [0.717, 1.165) is 11.6 Å². The van der Waals surface area contributed by atoms with Crippen LogP contribution in [0, 0.1) is 24.0 Å². The Morgan fingerprint density at radius 3 is 2.59 bits per heavy atom. The van der Waals surface area contributed by atoms with E-state index in [-0.39, 0.29) is 5.56 Å². The van der Waals surface area contributed by atoms with Crippen molar-refractivity contribution in [1.82, 2.24) is 0 Å². The molecule has 0 heterocycles. The number of rotatable bonds is 1. The lowest BCUT2D eigenvalue weighted by molar-refractivity contribution is 0.509. The molecule has 3 heteroatoms. The summed E-state index contributed by atoms with van der Waals surface area (Å²) in [5.41, 5.74) is 7.02. The largest absolute Gasteiger partial charge is 0.399 e. The Kier molecular flexibility index (Phi) is 2.72. The summed E-state index contributed by atoms with van der Waals surface area (Å²) < 4.78 is 27.0. The highest BCUT2D eigenvalue weighted by Gasteiger charge is 2.14. The van der Waals surface area contributed by atoms with Gasteiger partial charge in [-0.3, -0.25) is 0 Å². The maximum absolute atomic E-state index is 13.6. The van der Waals surface area contributed by atoms with Gasteiger partial charge in [-0.2, -0.15) is 0 Å². The fourth-order valence-corrected chi connectivity index (χ4v) is 2.01. The number of hydrogen-bond acceptors (Lipinski definition) is 1. The van der Waals surface area contributed by atoms with Crippen LogP contribution in [-0.4, -0.2) is 0 Å². The summed E-state index contributed by atoms with van der Waals surface area (Å²) in [6, 6.07) is 4.46. The molecule has 2 aromatic carbocycles. The number of fused-ring (bicyclic) bond motifs is 1. The molecule has 0 amide bonds. The van der Waals surface area contributed by atoms with Gasteiger partial charge in [-0.25, -0.2) is 8.78 Å². The van der Waals surface area contributed by atoms with Gasteiger partial charge in [-0.15, -0.1) is 6.42 Å². The molecule has 0 saturated carbocycles. The quantitative estimate of drug-likeness (QED) is 0.591. The van der Waals surface area contributed by atoms with E-state index in [1.165, 1.54) is 0 Å². The van der Waals surface area contributed by atoms with Crippen LogP contribution in [0.5, 0.6) is 0 Å². The maximum atomic E-state index is 13.6. The molecule has 2 rings (SSSR count). The highest BCUT2D eigenvalue weighted by molar-refractivity contribution is 5.93. The molecule has 0 aliphatic heterocycles. The highest BCUT2D eigenvalue weighted by Crippen LogP contribution is 2.29. The number of nitrogen functional groups attached to an aromatic ring is 1. The van der Waals surface area contributed by atoms with Crippen LogP contribution < -0.4 is 5.73 Å². The first-order valence-corrected chi connectivity index (χ1v) is 5.25. The second kappa shape index (κ2) is 4.06. The van der Waals surface area contributed by atoms with Gasteiger partial charge in [0.1, 0.15) is 0 Å². The molecule has 0 spiro atoms. The number of benzene rings is 2. The summed E-state index contributed by atoms with van der Waals surface area (Å²) in [5, 5.41) is 1.11. The minimum Gasteiger partial charge on any atom is -0.399 e. The van der Waals surface area contributed by atoms with Crippen molar-refractivity contribution in [2.24, 2.45) is 0 Å². The molecule has 0 aliphatic carbocycles. The van der Waals surface area contributed by atoms with Crippen LogP contribution in [0.15, 0.2) is 18.2 Å². The topological polar surface area (TPSA) is 26.0 Å². The van der Waals surface area contributed by atoms with Crippen molar-refractivity contribution < 1.29 is 8.78 Å². The summed E-state index contributed by atoms with van der Waals surface area (Å²) in [7, 11) is 0. The monoisotopic (exact) mass is 231 g/mol. The fraction of sp³-hybridized carbons (Fsp3) is 0.143. The van der Waals surface area contributed by atoms with Gasteiger partial charge in [0.25, 0.3) is 0 Å². The van der Waals surface area contributed by atoms with Crippen molar-refractivity contribution in [2.75, 3.05) is 5.73 Å². The van der Waals surface area contributed by atoms with Gasteiger partial charge in [0.05, 0.1) is 5.56 Å². The van der Waals surface area contributed by atoms with Crippen molar-refractivity contribution in [2.45, 2.75) is 13.3 Å². The van der Waals surface area contributed by atoms with Crippen molar-refractivity contribution in [3.63, 3.8) is 0 Å². The van der Waals surface area contributed by atoms with Gasteiger partial charge < -0.3 is 5.73 Å². The average molecular weight is 231 g/mol. The molecule has 17 heavy (non-hydrogen) atoms. The van der Waals surface area contributed by atoms with Crippen LogP contribution in [0.2, 0.25) is 0 Å². The van der Waals surface area contributed by atoms with Gasteiger partial charge >= 0.3 is 0 Å². The number of aryl methyl sites for hydroxylation is 1. The van der Waals surface area contributed by atoms with E-state index in [1.807, 2.05) is 6.92 Å². The Morgan fingerprint density at radius 1 is 1.29 bits per heavy atom. The van der Waals surface area contributed by atoms with Crippen molar-refractivity contribution in [1.29, 1.82) is 0 Å². The Hall–Kier alpha value is -2.08. The number of nitrogens with two attached hydrogens (primary N) is 1. The predicted molar refractivity (Wildman–Crippen MR) is 65.6 cm³/mol. The molecule has 0 fully saturated rings. The SMILES string of the molecule is C#Cc1c(F)c(F)cc2cc(N)cc(CC)c12. The predicted octanol–water partition coefficient (Wildman–Crippen LogP) is 3.24. The van der Waals surface area contributed by atoms with Crippen LogP contribution >= 0.6 is 0 Å². The van der Waals surface area contributed by atoms with Crippen LogP contribution in [0.3, 0.4) is 0 Å². The molecule has 0 atom stereocenters. The smallest absolute Gasteiger partial charge is 0.175 e. The Balaban J connectivity index is 3.02. The number of hydrogen-bond donors (Lipinski definition) is 1. The lowest BCUT2D eigenvalue weighted by atomic mass is 9.96. The molecule has 0 saturated heterocycles. The molecule has 0 aliphatic rings. The molecule has 2 aromatic rings. The molecule has 0 unspecified atom stereocenters. The molecule has 2 N–H and O–H groups in total. The zero-order chi connectivity index (χ0) is 12.6. The molecule has 1 nitrogen and oxygen atoms in total. The second-order valence-electron chi connectivity index (χ2n) is 3.82. The summed E-state index contributed by atoms with van der Waals surface area (Å²) >= 11 is 0. The summed E-state index contributed by atoms with van der Waals surface area (Å²) in [6.07, 6.45) is 5.91. The summed E-state index contributed by atoms with van der Waals surface area (Å²) in [5.74, 6) is 0.299. The Labute approximate surface area is 98.2 Å². The lowest BCUT2D eigenvalue weighted by Crippen LogP contribution is -1.97. The van der Waals surface area contributed by atoms with E-state index in [9.17, 15) is 8.78 Å². The normalized spacial score (nSPS) is 10.5. The van der Waals surface area contributed by atoms with Crippen LogP contribution in [0.4, 0.5) is 14.5 Å². The average Bonchev–Trinajstić information content (AvgIpc) is 2.30. The van der Waals surface area contributed by atoms with Crippen molar-refractivity contribution in [3.05, 3.63) is 41.0 Å². The standard InChI is InChI=1S/C14H11F2N/c1-3-8-5-10(17)6-9-7-12(15)14(16)11(4-2)13(8)9/h2,5-7H,3,17H2,1H3. The van der Waals surface area contributed by atoms with E-state index in [1.54, 1.807) is 12.1 Å². The maximum Gasteiger partial charge on any atom is 0.175 e. The van der Waals surface area contributed by atoms with Crippen LogP contribution in [0.1, 0.15) is 18.1 Å². The molecular formula is C14H11F2N. The Morgan fingerprint density at radius 2 is 2.00 bits per heavy atom. The third kappa shape index (κ3) is 1.72. The molecule has 0 bridgehead atoms. The summed E-state index contributed by atoms with van der Waals surface area (Å²) in [4.78, 5) is 0. The molecule has 86 valence electrons. The lowest BCUT2D eigenvalue weighted by Gasteiger charge is -2.10. The van der Waals surface area contributed by atoms with Gasteiger partial charge in [0.15, 0.2) is 11.6 Å². The van der Waals surface area contributed by atoms with E-state index < -0.39 is 11.6 Å². The number of anilines is 1. The van der Waals surface area contributed by atoms with Gasteiger partial charge in [0.2, 0.25) is 0 Å². The van der Waals surface area contributed by atoms with Crippen molar-refractivity contribution >= 4 is 16.5 Å². The van der Waals surface area contributed by atoms with Crippen molar-refractivity contribution in [3.8, 4) is 12.3 Å². The van der Waals surface area contributed by atoms with E-state index in [0.29, 0.717) is 22.9 Å². The van der Waals surface area contributed by atoms with Gasteiger partial charge in [-0.05, 0) is 35.6 Å². The second-order valence-corrected chi connectivity index (χ2v) is 3.82. The first kappa shape index (κ1) is 11.4. The van der Waals surface area contributed by atoms with Crippen LogP contribution in [0.25, 0.3) is 10.8 Å². The van der Waals surface area contributed by atoms with Gasteiger partial charge in [-0.1, -0.05) is 12.8 Å². The first-order valence-electron chi connectivity index (χ1n) is 5.25. The molecule has 0 radical (unpaired) electrons. The summed E-state index contributed by atoms with van der Waals surface area (Å²) in [6.45, 7) is 1.91. The van der Waals surface area contributed by atoms with E-state index in [4.69, 9.17) is 12.2 Å². The van der Waals surface area contributed by atoms with Gasteiger partial charge in [0, 0.05) is 11.1 Å². The molecule has 0 aromatic heterocycles. The minimum absolute atomic E-state index is 0.0307. The minimum atomic E-state index is -0.973. The first-order chi connectivity index (χ1) is 8.08. The zero-order valence-corrected chi connectivity index (χ0v) is 9.35. The number of terminal acetylenes is 1.